The zero-order valence-electron chi connectivity index (χ0n) is 18.4. The van der Waals surface area contributed by atoms with Crippen molar-refractivity contribution in [1.29, 1.82) is 0 Å². The summed E-state index contributed by atoms with van der Waals surface area (Å²) in [5, 5.41) is 3.44. The standard InChI is InChI=1S/C25H37N5/c1-4-10-24(30-16-9-13-20(26)17-30)22(5-2)28-18(3)25-21(27)14-15-23(29-25)19-11-7-6-8-12-19/h4-5,10,14-15,19-20,28H,2-3,6-9,11-13,16-17,26-27H2,1H3/b10-4-,24-22-/t20-/m0/s1. The molecular formula is C25H37N5. The summed E-state index contributed by atoms with van der Waals surface area (Å²) in [5.41, 5.74) is 17.7. The molecule has 0 bridgehead atoms. The Labute approximate surface area is 181 Å². The predicted molar refractivity (Wildman–Crippen MR) is 127 cm³/mol. The molecule has 0 spiro atoms. The van der Waals surface area contributed by atoms with Crippen LogP contribution in [0.1, 0.15) is 69.2 Å². The molecule has 3 rings (SSSR count). The smallest absolute Gasteiger partial charge is 0.109 e. The molecule has 1 aliphatic heterocycles. The highest BCUT2D eigenvalue weighted by Gasteiger charge is 2.21. The number of rotatable bonds is 7. The Kier molecular flexibility index (Phi) is 7.75. The van der Waals surface area contributed by atoms with Crippen LogP contribution in [0.25, 0.3) is 5.70 Å². The number of pyridine rings is 1. The van der Waals surface area contributed by atoms with Gasteiger partial charge in [-0.3, -0.25) is 0 Å². The number of nitrogens with zero attached hydrogens (tertiary/aromatic N) is 2. The average molecular weight is 408 g/mol. The molecule has 2 fully saturated rings. The topological polar surface area (TPSA) is 80.2 Å². The fourth-order valence-electron chi connectivity index (χ4n) is 4.55. The zero-order valence-corrected chi connectivity index (χ0v) is 18.4. The second-order valence-electron chi connectivity index (χ2n) is 8.46. The molecule has 30 heavy (non-hydrogen) atoms. The number of nitrogens with one attached hydrogen (secondary N) is 1. The number of allylic oxidation sites excluding steroid dienone is 3. The Morgan fingerprint density at radius 2 is 1.97 bits per heavy atom. The van der Waals surface area contributed by atoms with Crippen molar-refractivity contribution >= 4 is 11.4 Å². The van der Waals surface area contributed by atoms with Crippen LogP contribution in [-0.4, -0.2) is 29.0 Å². The van der Waals surface area contributed by atoms with E-state index < -0.39 is 0 Å². The molecule has 0 aromatic carbocycles. The molecule has 1 aromatic heterocycles. The Morgan fingerprint density at radius 3 is 2.63 bits per heavy atom. The van der Waals surface area contributed by atoms with Crippen LogP contribution in [0.2, 0.25) is 0 Å². The van der Waals surface area contributed by atoms with E-state index in [0.29, 0.717) is 17.3 Å². The fourth-order valence-corrected chi connectivity index (χ4v) is 4.55. The third-order valence-electron chi connectivity index (χ3n) is 6.15. The Hall–Kier alpha value is -2.53. The molecule has 1 atom stereocenters. The SMILES string of the molecule is C=C/C(NC(=C)c1nc(C2CCCCC2)ccc1N)=C(\C=C/C)N1CCC[C@H](N)C1. The molecule has 5 heteroatoms. The molecule has 5 N–H and O–H groups in total. The van der Waals surface area contributed by atoms with E-state index in [9.17, 15) is 0 Å². The zero-order chi connectivity index (χ0) is 21.5. The van der Waals surface area contributed by atoms with Gasteiger partial charge in [-0.05, 0) is 56.9 Å². The Balaban J connectivity index is 1.86. The van der Waals surface area contributed by atoms with Crippen molar-refractivity contribution in [1.82, 2.24) is 15.2 Å². The third kappa shape index (κ3) is 5.33. The van der Waals surface area contributed by atoms with Gasteiger partial charge in [0.15, 0.2) is 0 Å². The van der Waals surface area contributed by atoms with Crippen LogP contribution < -0.4 is 16.8 Å². The van der Waals surface area contributed by atoms with Crippen molar-refractivity contribution in [3.8, 4) is 0 Å². The molecule has 0 unspecified atom stereocenters. The fraction of sp³-hybridized carbons (Fsp3) is 0.480. The van der Waals surface area contributed by atoms with Crippen LogP contribution >= 0.6 is 0 Å². The van der Waals surface area contributed by atoms with Gasteiger partial charge in [0.1, 0.15) is 5.69 Å². The minimum absolute atomic E-state index is 0.192. The maximum Gasteiger partial charge on any atom is 0.109 e. The van der Waals surface area contributed by atoms with E-state index >= 15 is 0 Å². The van der Waals surface area contributed by atoms with Crippen LogP contribution in [-0.2, 0) is 0 Å². The third-order valence-corrected chi connectivity index (χ3v) is 6.15. The van der Waals surface area contributed by atoms with E-state index in [0.717, 1.165) is 48.7 Å². The maximum absolute atomic E-state index is 6.29. The van der Waals surface area contributed by atoms with Gasteiger partial charge >= 0.3 is 0 Å². The van der Waals surface area contributed by atoms with Gasteiger partial charge < -0.3 is 21.7 Å². The average Bonchev–Trinajstić information content (AvgIpc) is 2.77. The molecule has 1 aromatic rings. The Morgan fingerprint density at radius 1 is 1.20 bits per heavy atom. The Bertz CT molecular complexity index is 817. The van der Waals surface area contributed by atoms with Crippen LogP contribution in [0.5, 0.6) is 0 Å². The van der Waals surface area contributed by atoms with Gasteiger partial charge in [0.05, 0.1) is 22.8 Å². The van der Waals surface area contributed by atoms with Crippen LogP contribution in [0.15, 0.2) is 54.9 Å². The number of anilines is 1. The minimum atomic E-state index is 0.192. The lowest BCUT2D eigenvalue weighted by Gasteiger charge is -2.34. The molecule has 0 amide bonds. The first kappa shape index (κ1) is 22.2. The second-order valence-corrected chi connectivity index (χ2v) is 8.46. The second kappa shape index (κ2) is 10.5. The van der Waals surface area contributed by atoms with E-state index in [1.165, 1.54) is 32.1 Å². The van der Waals surface area contributed by atoms with Gasteiger partial charge in [0, 0.05) is 30.7 Å². The summed E-state index contributed by atoms with van der Waals surface area (Å²) in [6.07, 6.45) is 14.4. The lowest BCUT2D eigenvalue weighted by molar-refractivity contribution is 0.264. The molecule has 2 aliphatic rings. The van der Waals surface area contributed by atoms with Crippen LogP contribution in [0.4, 0.5) is 5.69 Å². The first-order chi connectivity index (χ1) is 14.5. The summed E-state index contributed by atoms with van der Waals surface area (Å²) in [6, 6.07) is 4.23. The van der Waals surface area contributed by atoms with Crippen molar-refractivity contribution < 1.29 is 0 Å². The number of aromatic nitrogens is 1. The van der Waals surface area contributed by atoms with Gasteiger partial charge in [-0.1, -0.05) is 38.5 Å². The molecule has 1 saturated carbocycles. The molecule has 2 heterocycles. The van der Waals surface area contributed by atoms with Crippen molar-refractivity contribution in [3.63, 3.8) is 0 Å². The summed E-state index contributed by atoms with van der Waals surface area (Å²) >= 11 is 0. The highest BCUT2D eigenvalue weighted by atomic mass is 15.2. The lowest BCUT2D eigenvalue weighted by Crippen LogP contribution is -2.42. The predicted octanol–water partition coefficient (Wildman–Crippen LogP) is 4.67. The van der Waals surface area contributed by atoms with Gasteiger partial charge in [-0.15, -0.1) is 0 Å². The molecule has 5 nitrogen and oxygen atoms in total. The highest BCUT2D eigenvalue weighted by Crippen LogP contribution is 2.33. The summed E-state index contributed by atoms with van der Waals surface area (Å²) in [7, 11) is 0. The normalized spacial score (nSPS) is 21.4. The van der Waals surface area contributed by atoms with Crippen LogP contribution in [0, 0.1) is 0 Å². The van der Waals surface area contributed by atoms with E-state index in [-0.39, 0.29) is 6.04 Å². The van der Waals surface area contributed by atoms with Crippen molar-refractivity contribution in [2.24, 2.45) is 5.73 Å². The monoisotopic (exact) mass is 407 g/mol. The van der Waals surface area contributed by atoms with E-state index in [2.05, 4.69) is 35.5 Å². The quantitative estimate of drug-likeness (QED) is 0.572. The minimum Gasteiger partial charge on any atom is -0.397 e. The van der Waals surface area contributed by atoms with Crippen LogP contribution in [0.3, 0.4) is 0 Å². The van der Waals surface area contributed by atoms with E-state index in [1.807, 2.05) is 25.1 Å². The number of piperidine rings is 1. The maximum atomic E-state index is 6.29. The largest absolute Gasteiger partial charge is 0.397 e. The lowest BCUT2D eigenvalue weighted by atomic mass is 9.86. The van der Waals surface area contributed by atoms with Crippen molar-refractivity contribution in [3.05, 3.63) is 66.3 Å². The van der Waals surface area contributed by atoms with Gasteiger partial charge in [-0.2, -0.15) is 0 Å². The molecule has 1 saturated heterocycles. The molecule has 1 aliphatic carbocycles. The summed E-state index contributed by atoms with van der Waals surface area (Å²) < 4.78 is 0. The first-order valence-electron chi connectivity index (χ1n) is 11.3. The van der Waals surface area contributed by atoms with Gasteiger partial charge in [-0.25, -0.2) is 4.98 Å². The molecular weight excluding hydrogens is 370 g/mol. The van der Waals surface area contributed by atoms with Crippen molar-refractivity contribution in [2.75, 3.05) is 18.8 Å². The first-order valence-corrected chi connectivity index (χ1v) is 11.3. The number of hydrogen-bond donors (Lipinski definition) is 3. The number of nitrogen functional groups attached to an aromatic ring is 1. The number of nitrogens with two attached hydrogens (primary N) is 2. The molecule has 162 valence electrons. The van der Waals surface area contributed by atoms with E-state index in [4.69, 9.17) is 16.5 Å². The summed E-state index contributed by atoms with van der Waals surface area (Å²) in [5.74, 6) is 0.522. The summed E-state index contributed by atoms with van der Waals surface area (Å²) in [6.45, 7) is 12.1. The van der Waals surface area contributed by atoms with Gasteiger partial charge in [0.25, 0.3) is 0 Å². The molecule has 0 radical (unpaired) electrons. The summed E-state index contributed by atoms with van der Waals surface area (Å²) in [4.78, 5) is 7.24. The van der Waals surface area contributed by atoms with Crippen molar-refractivity contribution in [2.45, 2.75) is 63.8 Å². The van der Waals surface area contributed by atoms with E-state index in [1.54, 1.807) is 0 Å². The van der Waals surface area contributed by atoms with Gasteiger partial charge in [0.2, 0.25) is 0 Å². The number of likely N-dealkylation sites (tertiary alicyclic amines) is 1. The number of hydrogen-bond acceptors (Lipinski definition) is 5. The highest BCUT2D eigenvalue weighted by molar-refractivity contribution is 5.71.